The molecule has 0 bridgehead atoms. The highest BCUT2D eigenvalue weighted by Crippen LogP contribution is 2.23. The summed E-state index contributed by atoms with van der Waals surface area (Å²) >= 11 is 4.83. The summed E-state index contributed by atoms with van der Waals surface area (Å²) in [7, 11) is 0. The number of nitrogens with zero attached hydrogens (tertiary/aromatic N) is 2. The zero-order chi connectivity index (χ0) is 11.7. The molecule has 0 saturated heterocycles. The fourth-order valence-electron chi connectivity index (χ4n) is 1.41. The van der Waals surface area contributed by atoms with Gasteiger partial charge in [0, 0.05) is 17.2 Å². The molecule has 7 heteroatoms. The quantitative estimate of drug-likeness (QED) is 0.476. The molecule has 0 radical (unpaired) electrons. The highest BCUT2D eigenvalue weighted by Gasteiger charge is 2.11. The Morgan fingerprint density at radius 1 is 1.44 bits per heavy atom. The van der Waals surface area contributed by atoms with Crippen LogP contribution in [0, 0.1) is 21.8 Å². The summed E-state index contributed by atoms with van der Waals surface area (Å²) in [6.07, 6.45) is 0. The fourth-order valence-corrected chi connectivity index (χ4v) is 1.56. The number of benzene rings is 1. The molecule has 1 heterocycles. The van der Waals surface area contributed by atoms with Crippen molar-refractivity contribution in [2.45, 2.75) is 6.92 Å². The Bertz CT molecular complexity index is 602. The van der Waals surface area contributed by atoms with Gasteiger partial charge >= 0.3 is 0 Å². The van der Waals surface area contributed by atoms with Crippen LogP contribution in [0.2, 0.25) is 0 Å². The van der Waals surface area contributed by atoms with Crippen LogP contribution in [0.3, 0.4) is 0 Å². The molecular formula is C9H8N4O2S. The summed E-state index contributed by atoms with van der Waals surface area (Å²) in [4.78, 5) is 14.3. The van der Waals surface area contributed by atoms with Crippen molar-refractivity contribution in [3.63, 3.8) is 0 Å². The molecule has 1 aromatic carbocycles. The van der Waals surface area contributed by atoms with E-state index < -0.39 is 4.92 Å². The number of nitro benzene ring substituents is 1. The lowest BCUT2D eigenvalue weighted by molar-refractivity contribution is -0.385. The predicted octanol–water partition coefficient (Wildman–Crippen LogP) is 2.35. The van der Waals surface area contributed by atoms with E-state index in [9.17, 15) is 10.1 Å². The number of hydrogen-bond acceptors (Lipinski definition) is 4. The number of aryl methyl sites for hydroxylation is 1. The molecule has 0 spiro atoms. The molecule has 0 fully saturated rings. The summed E-state index contributed by atoms with van der Waals surface area (Å²) in [5.74, 6) is 0.572. The second kappa shape index (κ2) is 3.86. The first-order chi connectivity index (χ1) is 7.58. The predicted molar refractivity (Wildman–Crippen MR) is 60.6 cm³/mol. The van der Waals surface area contributed by atoms with Crippen LogP contribution in [-0.4, -0.2) is 20.1 Å². The van der Waals surface area contributed by atoms with Crippen LogP contribution in [0.15, 0.2) is 18.2 Å². The maximum Gasteiger partial charge on any atom is 0.272 e. The van der Waals surface area contributed by atoms with Gasteiger partial charge in [-0.1, -0.05) is 0 Å². The van der Waals surface area contributed by atoms with Gasteiger partial charge in [0.2, 0.25) is 4.77 Å². The summed E-state index contributed by atoms with van der Waals surface area (Å²) in [5, 5.41) is 16.1. The topological polar surface area (TPSA) is 87.6 Å². The number of nitrogens with one attached hydrogen (secondary N) is 2. The van der Waals surface area contributed by atoms with Crippen LogP contribution >= 0.6 is 12.2 Å². The Labute approximate surface area is 95.5 Å². The molecule has 6 nitrogen and oxygen atoms in total. The second-order valence-electron chi connectivity index (χ2n) is 3.27. The molecule has 0 saturated carbocycles. The fraction of sp³-hybridized carbons (Fsp3) is 0.111. The number of hydrogen-bond donors (Lipinski definition) is 2. The van der Waals surface area contributed by atoms with Gasteiger partial charge in [-0.05, 0) is 31.3 Å². The van der Waals surface area contributed by atoms with E-state index in [-0.39, 0.29) is 5.69 Å². The summed E-state index contributed by atoms with van der Waals surface area (Å²) < 4.78 is 0.353. The van der Waals surface area contributed by atoms with Crippen LogP contribution in [0.4, 0.5) is 5.69 Å². The van der Waals surface area contributed by atoms with Crippen molar-refractivity contribution in [1.29, 1.82) is 0 Å². The van der Waals surface area contributed by atoms with Crippen molar-refractivity contribution in [3.8, 4) is 11.4 Å². The molecule has 2 aromatic rings. The SMILES string of the molecule is Cc1cc(-c2nc(=S)[nH][nH]2)ccc1[N+](=O)[O-]. The number of H-pyrrole nitrogens is 2. The molecule has 1 aromatic heterocycles. The van der Waals surface area contributed by atoms with Crippen LogP contribution in [0.25, 0.3) is 11.4 Å². The zero-order valence-corrected chi connectivity index (χ0v) is 9.17. The third-order valence-corrected chi connectivity index (χ3v) is 2.36. The van der Waals surface area contributed by atoms with E-state index >= 15 is 0 Å². The lowest BCUT2D eigenvalue weighted by atomic mass is 10.1. The molecule has 82 valence electrons. The number of rotatable bonds is 2. The number of aromatic nitrogens is 3. The molecule has 2 rings (SSSR count). The van der Waals surface area contributed by atoms with Gasteiger partial charge in [0.25, 0.3) is 5.69 Å². The van der Waals surface area contributed by atoms with E-state index in [1.165, 1.54) is 6.07 Å². The van der Waals surface area contributed by atoms with Gasteiger partial charge in [-0.2, -0.15) is 4.98 Å². The molecular weight excluding hydrogens is 228 g/mol. The third-order valence-electron chi connectivity index (χ3n) is 2.17. The maximum absolute atomic E-state index is 10.6. The highest BCUT2D eigenvalue weighted by atomic mass is 32.1. The van der Waals surface area contributed by atoms with Crippen LogP contribution < -0.4 is 0 Å². The van der Waals surface area contributed by atoms with Crippen LogP contribution in [0.1, 0.15) is 5.56 Å². The van der Waals surface area contributed by atoms with Crippen molar-refractivity contribution < 1.29 is 4.92 Å². The largest absolute Gasteiger partial charge is 0.282 e. The van der Waals surface area contributed by atoms with Crippen LogP contribution in [-0.2, 0) is 0 Å². The Hall–Kier alpha value is -2.02. The Balaban J connectivity index is 2.49. The number of aromatic amines is 2. The molecule has 0 atom stereocenters. The molecule has 0 aliphatic carbocycles. The van der Waals surface area contributed by atoms with Gasteiger partial charge in [-0.25, -0.2) is 0 Å². The average molecular weight is 236 g/mol. The van der Waals surface area contributed by atoms with Gasteiger partial charge in [-0.15, -0.1) is 0 Å². The first kappa shape index (κ1) is 10.5. The van der Waals surface area contributed by atoms with Gasteiger partial charge in [0.05, 0.1) is 4.92 Å². The van der Waals surface area contributed by atoms with Gasteiger partial charge < -0.3 is 0 Å². The van der Waals surface area contributed by atoms with E-state index in [4.69, 9.17) is 12.2 Å². The van der Waals surface area contributed by atoms with Gasteiger partial charge in [-0.3, -0.25) is 20.3 Å². The van der Waals surface area contributed by atoms with E-state index in [0.717, 1.165) is 5.56 Å². The van der Waals surface area contributed by atoms with E-state index in [2.05, 4.69) is 15.2 Å². The summed E-state index contributed by atoms with van der Waals surface area (Å²) in [5.41, 5.74) is 1.44. The van der Waals surface area contributed by atoms with Gasteiger partial charge in [0.15, 0.2) is 5.82 Å². The van der Waals surface area contributed by atoms with Crippen molar-refractivity contribution in [3.05, 3.63) is 38.6 Å². The maximum atomic E-state index is 10.6. The lowest BCUT2D eigenvalue weighted by Crippen LogP contribution is -1.92. The first-order valence-corrected chi connectivity index (χ1v) is 4.89. The summed E-state index contributed by atoms with van der Waals surface area (Å²) in [6.45, 7) is 1.68. The zero-order valence-electron chi connectivity index (χ0n) is 8.35. The van der Waals surface area contributed by atoms with Crippen molar-refractivity contribution >= 4 is 17.9 Å². The summed E-state index contributed by atoms with van der Waals surface area (Å²) in [6, 6.07) is 4.78. The first-order valence-electron chi connectivity index (χ1n) is 4.48. The standard InChI is InChI=1S/C9H8N4O2S/c1-5-4-6(2-3-7(5)13(14)15)8-10-9(16)12-11-8/h2-4H,1H3,(H2,10,11,12,16). The minimum Gasteiger partial charge on any atom is -0.282 e. The second-order valence-corrected chi connectivity index (χ2v) is 3.66. The van der Waals surface area contributed by atoms with Gasteiger partial charge in [0.1, 0.15) is 0 Å². The monoisotopic (exact) mass is 236 g/mol. The van der Waals surface area contributed by atoms with Crippen LogP contribution in [0.5, 0.6) is 0 Å². The molecule has 2 N–H and O–H groups in total. The van der Waals surface area contributed by atoms with Crippen molar-refractivity contribution in [2.24, 2.45) is 0 Å². The smallest absolute Gasteiger partial charge is 0.272 e. The average Bonchev–Trinajstić information content (AvgIpc) is 2.64. The van der Waals surface area contributed by atoms with E-state index in [1.807, 2.05) is 0 Å². The minimum absolute atomic E-state index is 0.0953. The lowest BCUT2D eigenvalue weighted by Gasteiger charge is -1.99. The molecule has 0 unspecified atom stereocenters. The number of nitro groups is 1. The molecule has 0 aliphatic heterocycles. The molecule has 16 heavy (non-hydrogen) atoms. The third kappa shape index (κ3) is 1.84. The molecule has 0 amide bonds. The van der Waals surface area contributed by atoms with E-state index in [0.29, 0.717) is 16.2 Å². The van der Waals surface area contributed by atoms with Crippen molar-refractivity contribution in [2.75, 3.05) is 0 Å². The minimum atomic E-state index is -0.411. The Kier molecular flexibility index (Phi) is 2.53. The highest BCUT2D eigenvalue weighted by molar-refractivity contribution is 7.71. The Morgan fingerprint density at radius 2 is 2.19 bits per heavy atom. The van der Waals surface area contributed by atoms with E-state index in [1.54, 1.807) is 19.1 Å². The molecule has 0 aliphatic rings. The Morgan fingerprint density at radius 3 is 2.69 bits per heavy atom. The normalized spacial score (nSPS) is 10.3. The van der Waals surface area contributed by atoms with Crippen molar-refractivity contribution in [1.82, 2.24) is 15.2 Å².